The molecule has 1 aliphatic rings. The second-order valence-electron chi connectivity index (χ2n) is 6.58. The summed E-state index contributed by atoms with van der Waals surface area (Å²) in [6.45, 7) is 5.95. The molecule has 0 aromatic heterocycles. The molecule has 2 aromatic carbocycles. The second kappa shape index (κ2) is 6.81. The highest BCUT2D eigenvalue weighted by atomic mass is 32.2. The van der Waals surface area contributed by atoms with Gasteiger partial charge in [-0.2, -0.15) is 4.31 Å². The van der Waals surface area contributed by atoms with E-state index in [9.17, 15) is 17.6 Å². The Morgan fingerprint density at radius 2 is 1.58 bits per heavy atom. The molecule has 0 unspecified atom stereocenters. The molecule has 1 atom stereocenters. The molecule has 1 fully saturated rings. The number of rotatable bonds is 3. The van der Waals surface area contributed by atoms with Crippen LogP contribution in [0.2, 0.25) is 0 Å². The predicted molar refractivity (Wildman–Crippen MR) is 98.0 cm³/mol. The zero-order chi connectivity index (χ0) is 19.1. The first-order valence-electron chi connectivity index (χ1n) is 8.37. The lowest BCUT2D eigenvalue weighted by atomic mass is 10.1. The lowest BCUT2D eigenvalue weighted by molar-refractivity contribution is -0.123. The number of nitrogens with zero attached hydrogens (tertiary/aromatic N) is 2. The van der Waals surface area contributed by atoms with Gasteiger partial charge in [0.1, 0.15) is 11.9 Å². The molecule has 1 saturated heterocycles. The van der Waals surface area contributed by atoms with Crippen LogP contribution in [-0.4, -0.2) is 37.8 Å². The molecular weight excluding hydrogens is 355 g/mol. The van der Waals surface area contributed by atoms with Crippen molar-refractivity contribution in [2.24, 2.45) is 0 Å². The number of halogens is 1. The first kappa shape index (κ1) is 18.5. The molecule has 0 saturated carbocycles. The number of hydrogen-bond acceptors (Lipinski definition) is 3. The van der Waals surface area contributed by atoms with Crippen molar-refractivity contribution in [2.75, 3.05) is 18.0 Å². The minimum Gasteiger partial charge on any atom is -0.310 e. The van der Waals surface area contributed by atoms with Crippen molar-refractivity contribution in [1.29, 1.82) is 0 Å². The Morgan fingerprint density at radius 3 is 2.15 bits per heavy atom. The van der Waals surface area contributed by atoms with Crippen LogP contribution in [0.5, 0.6) is 0 Å². The van der Waals surface area contributed by atoms with E-state index in [4.69, 9.17) is 0 Å². The molecule has 7 heteroatoms. The third-order valence-electron chi connectivity index (χ3n) is 4.54. The largest absolute Gasteiger partial charge is 0.310 e. The fourth-order valence-corrected chi connectivity index (χ4v) is 4.86. The number of anilines is 1. The van der Waals surface area contributed by atoms with Gasteiger partial charge in [-0.25, -0.2) is 12.8 Å². The number of benzene rings is 2. The molecule has 5 nitrogen and oxygen atoms in total. The smallest absolute Gasteiger partial charge is 0.245 e. The van der Waals surface area contributed by atoms with Crippen molar-refractivity contribution < 1.29 is 17.6 Å². The van der Waals surface area contributed by atoms with Gasteiger partial charge >= 0.3 is 0 Å². The van der Waals surface area contributed by atoms with Crippen molar-refractivity contribution in [3.8, 4) is 0 Å². The number of amides is 1. The van der Waals surface area contributed by atoms with Gasteiger partial charge in [-0.15, -0.1) is 0 Å². The molecule has 0 spiro atoms. The molecule has 138 valence electrons. The van der Waals surface area contributed by atoms with Crippen LogP contribution in [0, 0.1) is 19.7 Å². The zero-order valence-electron chi connectivity index (χ0n) is 14.9. The SMILES string of the molecule is Cc1cc(C)cc(N2CCN(S(=O)(=O)c3ccc(F)cc3)[C@@H](C)C2=O)c1. The molecule has 3 rings (SSSR count). The van der Waals surface area contributed by atoms with Crippen LogP contribution in [0.25, 0.3) is 0 Å². The van der Waals surface area contributed by atoms with Gasteiger partial charge < -0.3 is 4.90 Å². The molecule has 1 heterocycles. The van der Waals surface area contributed by atoms with Crippen molar-refractivity contribution in [3.05, 3.63) is 59.4 Å². The van der Waals surface area contributed by atoms with E-state index >= 15 is 0 Å². The molecule has 1 aliphatic heterocycles. The summed E-state index contributed by atoms with van der Waals surface area (Å²) in [5, 5.41) is 0. The number of carbonyl (C=O) groups is 1. The van der Waals surface area contributed by atoms with Crippen molar-refractivity contribution >= 4 is 21.6 Å². The number of carbonyl (C=O) groups excluding carboxylic acids is 1. The minimum absolute atomic E-state index is 0.0154. The summed E-state index contributed by atoms with van der Waals surface area (Å²) in [6, 6.07) is 9.67. The van der Waals surface area contributed by atoms with E-state index in [1.165, 1.54) is 16.4 Å². The average Bonchev–Trinajstić information content (AvgIpc) is 2.56. The number of sulfonamides is 1. The van der Waals surface area contributed by atoms with Crippen molar-refractivity contribution in [3.63, 3.8) is 0 Å². The van der Waals surface area contributed by atoms with Gasteiger partial charge in [-0.3, -0.25) is 4.79 Å². The Bertz CT molecular complexity index is 922. The number of hydrogen-bond donors (Lipinski definition) is 0. The van der Waals surface area contributed by atoms with Gasteiger partial charge in [0.2, 0.25) is 15.9 Å². The van der Waals surface area contributed by atoms with E-state index < -0.39 is 21.9 Å². The van der Waals surface area contributed by atoms with E-state index in [0.717, 1.165) is 28.9 Å². The summed E-state index contributed by atoms with van der Waals surface area (Å²) in [5.41, 5.74) is 2.86. The highest BCUT2D eigenvalue weighted by Gasteiger charge is 2.39. The van der Waals surface area contributed by atoms with Crippen molar-refractivity contribution in [1.82, 2.24) is 4.31 Å². The molecule has 0 aliphatic carbocycles. The second-order valence-corrected chi connectivity index (χ2v) is 8.47. The molecule has 0 bridgehead atoms. The van der Waals surface area contributed by atoms with E-state index in [2.05, 4.69) is 0 Å². The van der Waals surface area contributed by atoms with Gasteiger partial charge in [0, 0.05) is 18.8 Å². The van der Waals surface area contributed by atoms with Crippen LogP contribution in [0.15, 0.2) is 47.4 Å². The summed E-state index contributed by atoms with van der Waals surface area (Å²) < 4.78 is 40.0. The maximum absolute atomic E-state index is 13.1. The highest BCUT2D eigenvalue weighted by Crippen LogP contribution is 2.27. The normalized spacial score (nSPS) is 19.0. The maximum Gasteiger partial charge on any atom is 0.245 e. The van der Waals surface area contributed by atoms with Gasteiger partial charge in [-0.05, 0) is 68.3 Å². The van der Waals surface area contributed by atoms with Gasteiger partial charge in [0.15, 0.2) is 0 Å². The van der Waals surface area contributed by atoms with Crippen LogP contribution in [0.4, 0.5) is 10.1 Å². The Kier molecular flexibility index (Phi) is 4.86. The van der Waals surface area contributed by atoms with Crippen LogP contribution >= 0.6 is 0 Å². The Morgan fingerprint density at radius 1 is 1.00 bits per heavy atom. The van der Waals surface area contributed by atoms with Gasteiger partial charge in [0.05, 0.1) is 4.90 Å². The van der Waals surface area contributed by atoms with Gasteiger partial charge in [0.25, 0.3) is 0 Å². The minimum atomic E-state index is -3.86. The highest BCUT2D eigenvalue weighted by molar-refractivity contribution is 7.89. The van der Waals surface area contributed by atoms with E-state index in [-0.39, 0.29) is 23.9 Å². The monoisotopic (exact) mass is 376 g/mol. The quantitative estimate of drug-likeness (QED) is 0.828. The first-order valence-corrected chi connectivity index (χ1v) is 9.81. The van der Waals surface area contributed by atoms with Crippen LogP contribution < -0.4 is 4.90 Å². The lowest BCUT2D eigenvalue weighted by Gasteiger charge is -2.38. The Hall–Kier alpha value is -2.25. The molecule has 0 radical (unpaired) electrons. The van der Waals surface area contributed by atoms with Crippen LogP contribution in [-0.2, 0) is 14.8 Å². The summed E-state index contributed by atoms with van der Waals surface area (Å²) in [6.07, 6.45) is 0. The fraction of sp³-hybridized carbons (Fsp3) is 0.316. The van der Waals surface area contributed by atoms with E-state index in [1.54, 1.807) is 11.8 Å². The summed E-state index contributed by atoms with van der Waals surface area (Å²) >= 11 is 0. The summed E-state index contributed by atoms with van der Waals surface area (Å²) in [7, 11) is -3.86. The van der Waals surface area contributed by atoms with E-state index in [1.807, 2.05) is 32.0 Å². The van der Waals surface area contributed by atoms with Crippen LogP contribution in [0.1, 0.15) is 18.1 Å². The molecular formula is C19H21FN2O3S. The Labute approximate surface area is 153 Å². The van der Waals surface area contributed by atoms with Crippen molar-refractivity contribution in [2.45, 2.75) is 31.7 Å². The third kappa shape index (κ3) is 3.37. The number of aryl methyl sites for hydroxylation is 2. The van der Waals surface area contributed by atoms with Crippen LogP contribution in [0.3, 0.4) is 0 Å². The molecule has 2 aromatic rings. The lowest BCUT2D eigenvalue weighted by Crippen LogP contribution is -2.57. The van der Waals surface area contributed by atoms with Gasteiger partial charge in [-0.1, -0.05) is 6.07 Å². The summed E-state index contributed by atoms with van der Waals surface area (Å²) in [5.74, 6) is -0.778. The average molecular weight is 376 g/mol. The van der Waals surface area contributed by atoms with E-state index in [0.29, 0.717) is 0 Å². The molecule has 0 N–H and O–H groups in total. The fourth-order valence-electron chi connectivity index (χ4n) is 3.28. The maximum atomic E-state index is 13.1. The standard InChI is InChI=1S/C19H21FN2O3S/c1-13-10-14(2)12-17(11-13)21-8-9-22(15(3)19(21)23)26(24,25)18-6-4-16(20)5-7-18/h4-7,10-12,15H,8-9H2,1-3H3/t15-/m0/s1. The summed E-state index contributed by atoms with van der Waals surface area (Å²) in [4.78, 5) is 14.5. The molecule has 26 heavy (non-hydrogen) atoms. The predicted octanol–water partition coefficient (Wildman–Crippen LogP) is 2.87. The zero-order valence-corrected chi connectivity index (χ0v) is 15.8. The number of piperazine rings is 1. The topological polar surface area (TPSA) is 57.7 Å². The Balaban J connectivity index is 1.89. The molecule has 1 amide bonds. The first-order chi connectivity index (χ1) is 12.2. The third-order valence-corrected chi connectivity index (χ3v) is 6.52.